The van der Waals surface area contributed by atoms with E-state index < -0.39 is 10.0 Å². The zero-order chi connectivity index (χ0) is 23.4. The predicted molar refractivity (Wildman–Crippen MR) is 126 cm³/mol. The molecule has 1 aliphatic heterocycles. The smallest absolute Gasteiger partial charge is 0.243 e. The number of carbonyl (C=O) groups is 1. The van der Waals surface area contributed by atoms with Crippen molar-refractivity contribution in [3.05, 3.63) is 94.0 Å². The molecule has 0 N–H and O–H groups in total. The fourth-order valence-corrected chi connectivity index (χ4v) is 5.22. The molecule has 0 aliphatic carbocycles. The Kier molecular flexibility index (Phi) is 7.14. The van der Waals surface area contributed by atoms with Crippen LogP contribution < -0.4 is 4.74 Å². The number of hydrogen-bond donors (Lipinski definition) is 0. The first-order valence-corrected chi connectivity index (χ1v) is 12.3. The minimum atomic E-state index is -3.75. The average molecular weight is 486 g/mol. The van der Waals surface area contributed by atoms with Gasteiger partial charge >= 0.3 is 0 Å². The molecule has 0 amide bonds. The normalized spacial score (nSPS) is 14.2. The van der Waals surface area contributed by atoms with Crippen molar-refractivity contribution >= 4 is 27.4 Å². The van der Waals surface area contributed by atoms with Crippen molar-refractivity contribution in [2.75, 3.05) is 13.2 Å². The van der Waals surface area contributed by atoms with E-state index >= 15 is 0 Å². The second kappa shape index (κ2) is 10.1. The molecule has 8 heteroatoms. The third kappa shape index (κ3) is 5.45. The SMILES string of the molecule is CC(=O)c1ccc(S(=O)(=O)N2CCOc3ccc(COCc4ccccc4Cl)cc3C2)cc1. The minimum absolute atomic E-state index is 0.111. The van der Waals surface area contributed by atoms with Gasteiger partial charge in [-0.3, -0.25) is 4.79 Å². The van der Waals surface area contributed by atoms with E-state index in [-0.39, 0.29) is 30.4 Å². The van der Waals surface area contributed by atoms with E-state index in [2.05, 4.69) is 0 Å². The van der Waals surface area contributed by atoms with Gasteiger partial charge in [0.2, 0.25) is 10.0 Å². The Labute approximate surface area is 198 Å². The Morgan fingerprint density at radius 1 is 1.06 bits per heavy atom. The van der Waals surface area contributed by atoms with Gasteiger partial charge in [-0.25, -0.2) is 8.42 Å². The zero-order valence-electron chi connectivity index (χ0n) is 18.2. The molecule has 3 aromatic carbocycles. The van der Waals surface area contributed by atoms with E-state index in [0.29, 0.717) is 29.5 Å². The van der Waals surface area contributed by atoms with E-state index in [4.69, 9.17) is 21.1 Å². The van der Waals surface area contributed by atoms with E-state index in [1.807, 2.05) is 42.5 Å². The summed E-state index contributed by atoms with van der Waals surface area (Å²) in [5.74, 6) is 0.551. The number of Topliss-reactive ketones (excluding diaryl/α,β-unsaturated/α-hetero) is 1. The topological polar surface area (TPSA) is 72.9 Å². The number of nitrogens with zero attached hydrogens (tertiary/aromatic N) is 1. The fraction of sp³-hybridized carbons (Fsp3) is 0.240. The maximum atomic E-state index is 13.2. The summed E-state index contributed by atoms with van der Waals surface area (Å²) in [7, 11) is -3.75. The summed E-state index contributed by atoms with van der Waals surface area (Å²) in [6.45, 7) is 2.85. The maximum Gasteiger partial charge on any atom is 0.243 e. The van der Waals surface area contributed by atoms with Gasteiger partial charge in [0.15, 0.2) is 5.78 Å². The number of ketones is 1. The van der Waals surface area contributed by atoms with Crippen LogP contribution in [0.4, 0.5) is 0 Å². The molecule has 0 saturated heterocycles. The molecule has 6 nitrogen and oxygen atoms in total. The summed E-state index contributed by atoms with van der Waals surface area (Å²) in [5, 5.41) is 0.657. The Morgan fingerprint density at radius 2 is 1.82 bits per heavy atom. The van der Waals surface area contributed by atoms with Gasteiger partial charge in [-0.1, -0.05) is 48.0 Å². The van der Waals surface area contributed by atoms with Crippen LogP contribution in [0.2, 0.25) is 5.02 Å². The number of rotatable bonds is 7. The van der Waals surface area contributed by atoms with Crippen molar-refractivity contribution < 1.29 is 22.7 Å². The predicted octanol–water partition coefficient (Wildman–Crippen LogP) is 4.84. The average Bonchev–Trinajstić information content (AvgIpc) is 3.03. The number of benzene rings is 3. The summed E-state index contributed by atoms with van der Waals surface area (Å²) in [5.41, 5.74) is 3.06. The Morgan fingerprint density at radius 3 is 2.55 bits per heavy atom. The van der Waals surface area contributed by atoms with Gasteiger partial charge in [-0.15, -0.1) is 0 Å². The van der Waals surface area contributed by atoms with E-state index in [1.165, 1.54) is 35.5 Å². The van der Waals surface area contributed by atoms with Crippen molar-refractivity contribution in [2.45, 2.75) is 31.6 Å². The van der Waals surface area contributed by atoms with Gasteiger partial charge in [0, 0.05) is 29.2 Å². The van der Waals surface area contributed by atoms with Crippen molar-refractivity contribution in [1.29, 1.82) is 0 Å². The van der Waals surface area contributed by atoms with Gasteiger partial charge in [-0.2, -0.15) is 4.31 Å². The summed E-state index contributed by atoms with van der Waals surface area (Å²) >= 11 is 6.18. The molecule has 0 fully saturated rings. The van der Waals surface area contributed by atoms with Gasteiger partial charge in [-0.05, 0) is 48.4 Å². The molecule has 3 aromatic rings. The Hall–Kier alpha value is -2.71. The largest absolute Gasteiger partial charge is 0.492 e. The van der Waals surface area contributed by atoms with E-state index in [9.17, 15) is 13.2 Å². The molecule has 0 aromatic heterocycles. The first-order valence-electron chi connectivity index (χ1n) is 10.5. The lowest BCUT2D eigenvalue weighted by atomic mass is 10.1. The molecule has 0 saturated carbocycles. The maximum absolute atomic E-state index is 13.2. The monoisotopic (exact) mass is 485 g/mol. The standard InChI is InChI=1S/C25H24ClNO5S/c1-18(28)20-7-9-23(10-8-20)33(29,30)27-12-13-32-25-11-6-19(14-22(25)15-27)16-31-17-21-4-2-3-5-24(21)26/h2-11,14H,12-13,15-17H2,1H3. The highest BCUT2D eigenvalue weighted by molar-refractivity contribution is 7.89. The summed E-state index contributed by atoms with van der Waals surface area (Å²) in [6, 6.07) is 19.2. The first kappa shape index (κ1) is 23.4. The Bertz CT molecular complexity index is 1260. The Balaban J connectivity index is 1.49. The molecule has 0 spiro atoms. The lowest BCUT2D eigenvalue weighted by Gasteiger charge is -2.20. The highest BCUT2D eigenvalue weighted by Gasteiger charge is 2.28. The van der Waals surface area contributed by atoms with Crippen LogP contribution in [0.5, 0.6) is 5.75 Å². The molecular weight excluding hydrogens is 462 g/mol. The lowest BCUT2D eigenvalue weighted by Crippen LogP contribution is -2.32. The fourth-order valence-electron chi connectivity index (χ4n) is 3.62. The second-order valence-corrected chi connectivity index (χ2v) is 10.1. The highest BCUT2D eigenvalue weighted by Crippen LogP contribution is 2.28. The molecule has 33 heavy (non-hydrogen) atoms. The molecule has 172 valence electrons. The quantitative estimate of drug-likeness (QED) is 0.447. The summed E-state index contributed by atoms with van der Waals surface area (Å²) in [4.78, 5) is 11.7. The van der Waals surface area contributed by atoms with Crippen molar-refractivity contribution in [2.24, 2.45) is 0 Å². The van der Waals surface area contributed by atoms with Gasteiger partial charge in [0.25, 0.3) is 0 Å². The number of carbonyl (C=O) groups excluding carboxylic acids is 1. The van der Waals surface area contributed by atoms with Gasteiger partial charge < -0.3 is 9.47 Å². The van der Waals surface area contributed by atoms with E-state index in [1.54, 1.807) is 0 Å². The molecule has 1 heterocycles. The third-order valence-electron chi connectivity index (χ3n) is 5.45. The van der Waals surface area contributed by atoms with Crippen LogP contribution in [0.1, 0.15) is 34.0 Å². The zero-order valence-corrected chi connectivity index (χ0v) is 19.7. The summed E-state index contributed by atoms with van der Waals surface area (Å²) < 4.78 is 39.5. The molecule has 1 aliphatic rings. The van der Waals surface area contributed by atoms with Crippen molar-refractivity contribution in [1.82, 2.24) is 4.31 Å². The van der Waals surface area contributed by atoms with Crippen LogP contribution in [0.25, 0.3) is 0 Å². The van der Waals surface area contributed by atoms with Crippen LogP contribution in [0, 0.1) is 0 Å². The van der Waals surface area contributed by atoms with Crippen LogP contribution >= 0.6 is 11.6 Å². The van der Waals surface area contributed by atoms with Gasteiger partial charge in [0.1, 0.15) is 12.4 Å². The van der Waals surface area contributed by atoms with Gasteiger partial charge in [0.05, 0.1) is 18.1 Å². The lowest BCUT2D eigenvalue weighted by molar-refractivity contribution is 0.101. The number of sulfonamides is 1. The van der Waals surface area contributed by atoms with Crippen LogP contribution in [-0.2, 0) is 34.5 Å². The van der Waals surface area contributed by atoms with Crippen molar-refractivity contribution in [3.8, 4) is 5.75 Å². The minimum Gasteiger partial charge on any atom is -0.492 e. The summed E-state index contributed by atoms with van der Waals surface area (Å²) in [6.07, 6.45) is 0. The highest BCUT2D eigenvalue weighted by atomic mass is 35.5. The third-order valence-corrected chi connectivity index (χ3v) is 7.68. The molecule has 0 atom stereocenters. The number of hydrogen-bond acceptors (Lipinski definition) is 5. The number of halogens is 1. The second-order valence-electron chi connectivity index (χ2n) is 7.79. The molecule has 4 rings (SSSR count). The molecule has 0 unspecified atom stereocenters. The molecule has 0 radical (unpaired) electrons. The van der Waals surface area contributed by atoms with E-state index in [0.717, 1.165) is 16.7 Å². The van der Waals surface area contributed by atoms with Crippen LogP contribution in [-0.4, -0.2) is 31.7 Å². The molecular formula is C25H24ClNO5S. The number of fused-ring (bicyclic) bond motifs is 1. The van der Waals surface area contributed by atoms with Crippen LogP contribution in [0.15, 0.2) is 71.6 Å². The first-order chi connectivity index (χ1) is 15.8. The van der Waals surface area contributed by atoms with Crippen LogP contribution in [0.3, 0.4) is 0 Å². The molecule has 0 bridgehead atoms. The number of ether oxygens (including phenoxy) is 2. The van der Waals surface area contributed by atoms with Crippen molar-refractivity contribution in [3.63, 3.8) is 0 Å².